The van der Waals surface area contributed by atoms with Gasteiger partial charge in [-0.05, 0) is 122 Å². The zero-order valence-electron chi connectivity index (χ0n) is 54.2. The molecule has 83 heavy (non-hydrogen) atoms. The van der Waals surface area contributed by atoms with Crippen molar-refractivity contribution in [3.63, 3.8) is 0 Å². The first-order chi connectivity index (χ1) is 41.0. The van der Waals surface area contributed by atoms with Gasteiger partial charge >= 0.3 is 17.9 Å². The van der Waals surface area contributed by atoms with E-state index in [0.717, 1.165) is 122 Å². The summed E-state index contributed by atoms with van der Waals surface area (Å²) in [4.78, 5) is 38.3. The van der Waals surface area contributed by atoms with Gasteiger partial charge in [-0.15, -0.1) is 0 Å². The summed E-state index contributed by atoms with van der Waals surface area (Å²) >= 11 is 0. The molecule has 0 aliphatic rings. The van der Waals surface area contributed by atoms with E-state index >= 15 is 0 Å². The fraction of sp³-hybridized carbons (Fsp3) is 0.675. The maximum Gasteiger partial charge on any atom is 0.306 e. The van der Waals surface area contributed by atoms with Crippen molar-refractivity contribution in [3.05, 3.63) is 134 Å². The highest BCUT2D eigenvalue weighted by molar-refractivity contribution is 5.71. The van der Waals surface area contributed by atoms with Crippen LogP contribution in [0.25, 0.3) is 0 Å². The Morgan fingerprint density at radius 2 is 0.494 bits per heavy atom. The summed E-state index contributed by atoms with van der Waals surface area (Å²) in [5, 5.41) is 0. The van der Waals surface area contributed by atoms with Crippen LogP contribution in [-0.2, 0) is 28.6 Å². The Hall–Kier alpha value is -4.45. The van der Waals surface area contributed by atoms with Gasteiger partial charge in [0.25, 0.3) is 0 Å². The minimum atomic E-state index is -0.822. The minimum Gasteiger partial charge on any atom is -0.462 e. The molecule has 0 fully saturated rings. The van der Waals surface area contributed by atoms with Crippen LogP contribution in [0.4, 0.5) is 0 Å². The van der Waals surface area contributed by atoms with E-state index in [1.54, 1.807) is 0 Å². The monoisotopic (exact) mass is 1150 g/mol. The number of esters is 3. The number of rotatable bonds is 62. The van der Waals surface area contributed by atoms with E-state index < -0.39 is 6.10 Å². The van der Waals surface area contributed by atoms with Crippen LogP contribution in [0.3, 0.4) is 0 Å². The molecule has 0 aromatic rings. The molecule has 0 saturated carbocycles. The zero-order chi connectivity index (χ0) is 59.9. The fourth-order valence-corrected chi connectivity index (χ4v) is 9.52. The highest BCUT2D eigenvalue weighted by atomic mass is 16.6. The Labute approximate surface area is 513 Å². The fourth-order valence-electron chi connectivity index (χ4n) is 9.52. The molecule has 0 aliphatic heterocycles. The van der Waals surface area contributed by atoms with E-state index in [4.69, 9.17) is 14.2 Å². The lowest BCUT2D eigenvalue weighted by atomic mass is 10.0. The molecule has 0 spiro atoms. The van der Waals surface area contributed by atoms with E-state index in [2.05, 4.69) is 148 Å². The van der Waals surface area contributed by atoms with E-state index in [-0.39, 0.29) is 44.0 Å². The normalized spacial score (nSPS) is 13.0. The van der Waals surface area contributed by atoms with E-state index in [1.807, 2.05) is 6.08 Å². The Morgan fingerprint density at radius 1 is 0.253 bits per heavy atom. The van der Waals surface area contributed by atoms with Crippen LogP contribution in [0, 0.1) is 0 Å². The van der Waals surface area contributed by atoms with Crippen molar-refractivity contribution in [2.45, 2.75) is 322 Å². The average molecular weight is 1150 g/mol. The molecule has 0 rings (SSSR count). The van der Waals surface area contributed by atoms with Crippen molar-refractivity contribution in [2.24, 2.45) is 0 Å². The highest BCUT2D eigenvalue weighted by Crippen LogP contribution is 2.17. The maximum atomic E-state index is 12.9. The summed E-state index contributed by atoms with van der Waals surface area (Å²) in [6.07, 6.45) is 99.3. The maximum absolute atomic E-state index is 12.9. The lowest BCUT2D eigenvalue weighted by Crippen LogP contribution is -2.30. The molecule has 0 heterocycles. The van der Waals surface area contributed by atoms with Crippen LogP contribution in [0.1, 0.15) is 316 Å². The third-order valence-electron chi connectivity index (χ3n) is 14.6. The number of allylic oxidation sites excluding steroid dienone is 22. The first-order valence-corrected chi connectivity index (χ1v) is 34.7. The SMILES string of the molecule is CC/C=C\C/C=C\C/C=C\C/C=C\C/C=C\CCCCCCCC(=O)OC(COC(=O)CC/C=C\C/C=C\C/C=C\C/C=C\CC)COC(=O)CCCCCCCCCCCCCCCCCCCCC/C=C\C/C=C\CCCCCCC. The van der Waals surface area contributed by atoms with Crippen LogP contribution in [-0.4, -0.2) is 37.2 Å². The number of ether oxygens (including phenoxy) is 3. The van der Waals surface area contributed by atoms with E-state index in [1.165, 1.54) is 148 Å². The van der Waals surface area contributed by atoms with Gasteiger partial charge in [0.2, 0.25) is 0 Å². The van der Waals surface area contributed by atoms with Crippen LogP contribution in [0.2, 0.25) is 0 Å². The van der Waals surface area contributed by atoms with Crippen molar-refractivity contribution in [2.75, 3.05) is 13.2 Å². The molecule has 6 nitrogen and oxygen atoms in total. The van der Waals surface area contributed by atoms with Crippen LogP contribution >= 0.6 is 0 Å². The lowest BCUT2D eigenvalue weighted by Gasteiger charge is -2.18. The van der Waals surface area contributed by atoms with Gasteiger partial charge in [0.1, 0.15) is 13.2 Å². The van der Waals surface area contributed by atoms with Crippen molar-refractivity contribution in [1.82, 2.24) is 0 Å². The molecule has 0 bridgehead atoms. The second kappa shape index (κ2) is 70.0. The molecule has 1 atom stereocenters. The minimum absolute atomic E-state index is 0.110. The molecule has 0 aliphatic carbocycles. The van der Waals surface area contributed by atoms with Gasteiger partial charge in [-0.1, -0.05) is 309 Å². The van der Waals surface area contributed by atoms with Gasteiger partial charge in [-0.3, -0.25) is 14.4 Å². The van der Waals surface area contributed by atoms with Gasteiger partial charge in [-0.25, -0.2) is 0 Å². The molecular formula is C77H128O6. The first kappa shape index (κ1) is 78.5. The van der Waals surface area contributed by atoms with Crippen molar-refractivity contribution in [3.8, 4) is 0 Å². The second-order valence-electron chi connectivity index (χ2n) is 22.7. The van der Waals surface area contributed by atoms with Crippen LogP contribution in [0.15, 0.2) is 134 Å². The molecule has 6 heteroatoms. The second-order valence-corrected chi connectivity index (χ2v) is 22.7. The number of hydrogen-bond donors (Lipinski definition) is 0. The number of hydrogen-bond acceptors (Lipinski definition) is 6. The highest BCUT2D eigenvalue weighted by Gasteiger charge is 2.19. The molecular weight excluding hydrogens is 1020 g/mol. The largest absolute Gasteiger partial charge is 0.462 e. The number of carbonyl (C=O) groups excluding carboxylic acids is 3. The third kappa shape index (κ3) is 68.2. The molecule has 0 N–H and O–H groups in total. The van der Waals surface area contributed by atoms with Gasteiger partial charge in [0.05, 0.1) is 0 Å². The van der Waals surface area contributed by atoms with Gasteiger partial charge in [0.15, 0.2) is 6.10 Å². The van der Waals surface area contributed by atoms with Crippen LogP contribution < -0.4 is 0 Å². The summed E-state index contributed by atoms with van der Waals surface area (Å²) in [6, 6.07) is 0. The van der Waals surface area contributed by atoms with Crippen molar-refractivity contribution >= 4 is 17.9 Å². The van der Waals surface area contributed by atoms with E-state index in [9.17, 15) is 14.4 Å². The molecule has 0 aromatic heterocycles. The molecule has 1 unspecified atom stereocenters. The molecule has 0 aromatic carbocycles. The topological polar surface area (TPSA) is 78.9 Å². The van der Waals surface area contributed by atoms with Crippen molar-refractivity contribution < 1.29 is 28.6 Å². The summed E-state index contributed by atoms with van der Waals surface area (Å²) in [5.41, 5.74) is 0. The Morgan fingerprint density at radius 3 is 0.807 bits per heavy atom. The summed E-state index contributed by atoms with van der Waals surface area (Å²) in [5.74, 6) is -1.01. The molecule has 0 saturated heterocycles. The van der Waals surface area contributed by atoms with Gasteiger partial charge in [0, 0.05) is 19.3 Å². The lowest BCUT2D eigenvalue weighted by molar-refractivity contribution is -0.166. The standard InChI is InChI=1S/C77H128O6/c1-4-7-10-13-16-19-22-25-27-29-31-33-34-35-36-37-38-39-40-41-42-44-45-47-49-52-55-58-61-64-67-70-76(79)82-73-74(72-81-75(78)69-66-63-60-57-54-51-24-21-18-15-12-9-6-3)83-77(80)71-68-65-62-59-56-53-50-48-46-43-32-30-28-26-23-20-17-14-11-8-5-2/h8-9,11-12,17-18,20-22,25-26,28-29,31-32,43,48,50-51,54,60,63,74H,4-7,10,13-16,19,23-24,27,30,33-42,44-47,49,52-53,55-59,61-62,64-73H2,1-3H3/b11-8-,12-9-,20-17-,21-18-,25-22-,28-26-,31-29-,43-32-,50-48-,54-51-,63-60-. The summed E-state index contributed by atoms with van der Waals surface area (Å²) in [6.45, 7) is 6.34. The summed E-state index contributed by atoms with van der Waals surface area (Å²) < 4.78 is 16.9. The molecule has 472 valence electrons. The Bertz CT molecular complexity index is 1750. The number of unbranched alkanes of at least 4 members (excludes halogenated alkanes) is 29. The predicted molar refractivity (Wildman–Crippen MR) is 362 cm³/mol. The zero-order valence-corrected chi connectivity index (χ0v) is 54.2. The molecule has 0 amide bonds. The smallest absolute Gasteiger partial charge is 0.306 e. The van der Waals surface area contributed by atoms with Crippen LogP contribution in [0.5, 0.6) is 0 Å². The van der Waals surface area contributed by atoms with E-state index in [0.29, 0.717) is 12.8 Å². The van der Waals surface area contributed by atoms with Crippen molar-refractivity contribution in [1.29, 1.82) is 0 Å². The Kier molecular flexibility index (Phi) is 66.3. The van der Waals surface area contributed by atoms with Gasteiger partial charge < -0.3 is 14.2 Å². The Balaban J connectivity index is 4.29. The molecule has 0 radical (unpaired) electrons. The third-order valence-corrected chi connectivity index (χ3v) is 14.6. The summed E-state index contributed by atoms with van der Waals surface area (Å²) in [7, 11) is 0. The first-order valence-electron chi connectivity index (χ1n) is 34.7. The number of carbonyl (C=O) groups is 3. The average Bonchev–Trinajstić information content (AvgIpc) is 3.49. The van der Waals surface area contributed by atoms with Gasteiger partial charge in [-0.2, -0.15) is 0 Å². The predicted octanol–water partition coefficient (Wildman–Crippen LogP) is 24.1. The quantitative estimate of drug-likeness (QED) is 0.0261.